The van der Waals surface area contributed by atoms with Crippen LogP contribution in [0, 0.1) is 0 Å². The Morgan fingerprint density at radius 3 is 2.39 bits per heavy atom. The summed E-state index contributed by atoms with van der Waals surface area (Å²) in [6.07, 6.45) is -2.64. The Labute approximate surface area is 180 Å². The van der Waals surface area contributed by atoms with Crippen molar-refractivity contribution >= 4 is 29.9 Å². The number of halogens is 4. The van der Waals surface area contributed by atoms with E-state index in [0.29, 0.717) is 18.1 Å². The number of alkyl halides is 3. The first-order chi connectivity index (χ1) is 12.8. The fourth-order valence-electron chi connectivity index (χ4n) is 3.03. The third-order valence-electron chi connectivity index (χ3n) is 4.40. The summed E-state index contributed by atoms with van der Waals surface area (Å²) < 4.78 is 40.4. The molecule has 0 fully saturated rings. The average molecular weight is 509 g/mol. The summed E-state index contributed by atoms with van der Waals surface area (Å²) in [6, 6.07) is 5.27. The van der Waals surface area contributed by atoms with E-state index in [4.69, 9.17) is 0 Å². The van der Waals surface area contributed by atoms with E-state index in [9.17, 15) is 13.2 Å². The summed E-state index contributed by atoms with van der Waals surface area (Å²) in [4.78, 5) is 4.15. The quantitative estimate of drug-likeness (QED) is 0.351. The van der Waals surface area contributed by atoms with Gasteiger partial charge in [-0.25, -0.2) is 0 Å². The summed E-state index contributed by atoms with van der Waals surface area (Å²) in [5.74, 6) is 0.528. The number of aryl methyl sites for hydroxylation is 2. The number of aromatic nitrogens is 2. The lowest BCUT2D eigenvalue weighted by Gasteiger charge is -2.14. The highest BCUT2D eigenvalue weighted by Gasteiger charge is 2.30. The first kappa shape index (κ1) is 24.3. The van der Waals surface area contributed by atoms with Gasteiger partial charge in [-0.15, -0.1) is 24.0 Å². The number of nitrogens with zero attached hydrogens (tertiary/aromatic N) is 3. The topological polar surface area (TPSA) is 54.2 Å². The molecule has 1 aromatic carbocycles. The van der Waals surface area contributed by atoms with Gasteiger partial charge in [-0.05, 0) is 30.5 Å². The molecule has 0 aliphatic rings. The molecular weight excluding hydrogens is 482 g/mol. The van der Waals surface area contributed by atoms with Crippen molar-refractivity contribution in [3.05, 3.63) is 52.3 Å². The van der Waals surface area contributed by atoms with Crippen LogP contribution < -0.4 is 10.6 Å². The molecule has 2 rings (SSSR count). The molecule has 1 aromatic heterocycles. The highest BCUT2D eigenvalue weighted by atomic mass is 127. The third kappa shape index (κ3) is 6.11. The normalized spacial score (nSPS) is 11.9. The maximum Gasteiger partial charge on any atom is 0.416 e. The maximum atomic E-state index is 12.8. The Hall–Kier alpha value is -1.78. The summed E-state index contributed by atoms with van der Waals surface area (Å²) in [5.41, 5.74) is 3.23. The summed E-state index contributed by atoms with van der Waals surface area (Å²) in [5, 5.41) is 10.8. The Morgan fingerprint density at radius 2 is 1.82 bits per heavy atom. The van der Waals surface area contributed by atoms with Crippen molar-refractivity contribution in [2.45, 2.75) is 46.0 Å². The number of hydrogen-bond acceptors (Lipinski definition) is 2. The largest absolute Gasteiger partial charge is 0.416 e. The van der Waals surface area contributed by atoms with Gasteiger partial charge < -0.3 is 10.6 Å². The van der Waals surface area contributed by atoms with Crippen molar-refractivity contribution in [1.29, 1.82) is 0 Å². The minimum absolute atomic E-state index is 0. The monoisotopic (exact) mass is 509 g/mol. The van der Waals surface area contributed by atoms with Crippen LogP contribution in [-0.4, -0.2) is 22.8 Å². The second kappa shape index (κ2) is 10.7. The van der Waals surface area contributed by atoms with Gasteiger partial charge in [0.05, 0.1) is 11.3 Å². The van der Waals surface area contributed by atoms with E-state index < -0.39 is 11.7 Å². The molecule has 0 radical (unpaired) electrons. The molecule has 0 saturated heterocycles. The van der Waals surface area contributed by atoms with Crippen LogP contribution in [0.15, 0.2) is 29.3 Å². The van der Waals surface area contributed by atoms with Crippen LogP contribution in [-0.2, 0) is 39.2 Å². The lowest BCUT2D eigenvalue weighted by molar-refractivity contribution is -0.137. The van der Waals surface area contributed by atoms with Crippen molar-refractivity contribution in [2.24, 2.45) is 12.0 Å². The third-order valence-corrected chi connectivity index (χ3v) is 4.40. The van der Waals surface area contributed by atoms with Gasteiger partial charge in [-0.2, -0.15) is 18.3 Å². The number of hydrogen-bond donors (Lipinski definition) is 2. The van der Waals surface area contributed by atoms with Gasteiger partial charge in [-0.1, -0.05) is 26.0 Å². The van der Waals surface area contributed by atoms with Crippen LogP contribution in [0.4, 0.5) is 13.2 Å². The second-order valence-corrected chi connectivity index (χ2v) is 6.18. The van der Waals surface area contributed by atoms with Gasteiger partial charge in [0.15, 0.2) is 5.96 Å². The molecule has 0 atom stereocenters. The number of aliphatic imine (C=N–C) groups is 1. The Kier molecular flexibility index (Phi) is 9.25. The summed E-state index contributed by atoms with van der Waals surface area (Å²) in [6.45, 7) is 4.95. The second-order valence-electron chi connectivity index (χ2n) is 6.18. The van der Waals surface area contributed by atoms with Crippen LogP contribution in [0.5, 0.6) is 0 Å². The number of benzene rings is 1. The molecule has 1 heterocycles. The van der Waals surface area contributed by atoms with Gasteiger partial charge in [0, 0.05) is 38.4 Å². The van der Waals surface area contributed by atoms with Gasteiger partial charge in [0.2, 0.25) is 0 Å². The molecule has 0 aliphatic heterocycles. The van der Waals surface area contributed by atoms with Crippen LogP contribution >= 0.6 is 24.0 Å². The lowest BCUT2D eigenvalue weighted by Crippen LogP contribution is -2.36. The standard InChI is InChI=1S/C19H26F3N5.HI/c1-5-16-15(17(6-2)27(4)26-16)12-25-18(23-3)24-11-13-8-7-9-14(10-13)19(20,21)22;/h7-10H,5-6,11-12H2,1-4H3,(H2,23,24,25);1H. The zero-order chi connectivity index (χ0) is 20.0. The Morgan fingerprint density at radius 1 is 1.14 bits per heavy atom. The van der Waals surface area contributed by atoms with Crippen LogP contribution in [0.25, 0.3) is 0 Å². The Balaban J connectivity index is 0.00000392. The van der Waals surface area contributed by atoms with E-state index in [1.165, 1.54) is 6.07 Å². The lowest BCUT2D eigenvalue weighted by atomic mass is 10.1. The Bertz CT molecular complexity index is 799. The fraction of sp³-hybridized carbons (Fsp3) is 0.474. The minimum atomic E-state index is -4.34. The smallest absolute Gasteiger partial charge is 0.352 e. The molecule has 0 aliphatic carbocycles. The minimum Gasteiger partial charge on any atom is -0.352 e. The zero-order valence-corrected chi connectivity index (χ0v) is 18.9. The van der Waals surface area contributed by atoms with Gasteiger partial charge in [0.1, 0.15) is 0 Å². The van der Waals surface area contributed by atoms with Crippen molar-refractivity contribution < 1.29 is 13.2 Å². The van der Waals surface area contributed by atoms with E-state index in [0.717, 1.165) is 41.9 Å². The van der Waals surface area contributed by atoms with E-state index in [1.807, 2.05) is 11.7 Å². The van der Waals surface area contributed by atoms with Gasteiger partial charge in [-0.3, -0.25) is 9.67 Å². The average Bonchev–Trinajstić information content (AvgIpc) is 2.96. The van der Waals surface area contributed by atoms with E-state index in [2.05, 4.69) is 34.6 Å². The molecule has 2 aromatic rings. The molecule has 28 heavy (non-hydrogen) atoms. The van der Waals surface area contributed by atoms with Crippen molar-refractivity contribution in [1.82, 2.24) is 20.4 Å². The van der Waals surface area contributed by atoms with E-state index >= 15 is 0 Å². The molecular formula is C19H27F3IN5. The van der Waals surface area contributed by atoms with Crippen molar-refractivity contribution in [3.63, 3.8) is 0 Å². The van der Waals surface area contributed by atoms with E-state index in [1.54, 1.807) is 13.1 Å². The molecule has 9 heteroatoms. The number of nitrogens with one attached hydrogen (secondary N) is 2. The van der Waals surface area contributed by atoms with Crippen LogP contribution in [0.2, 0.25) is 0 Å². The van der Waals surface area contributed by atoms with Gasteiger partial charge in [0.25, 0.3) is 0 Å². The maximum absolute atomic E-state index is 12.8. The van der Waals surface area contributed by atoms with Crippen molar-refractivity contribution in [3.8, 4) is 0 Å². The first-order valence-electron chi connectivity index (χ1n) is 8.94. The molecule has 0 amide bonds. The highest BCUT2D eigenvalue weighted by Crippen LogP contribution is 2.29. The predicted molar refractivity (Wildman–Crippen MR) is 116 cm³/mol. The molecule has 0 saturated carbocycles. The zero-order valence-electron chi connectivity index (χ0n) is 16.5. The summed E-state index contributed by atoms with van der Waals surface area (Å²) in [7, 11) is 3.56. The fourth-order valence-corrected chi connectivity index (χ4v) is 3.03. The van der Waals surface area contributed by atoms with Crippen LogP contribution in [0.1, 0.15) is 41.9 Å². The molecule has 5 nitrogen and oxygen atoms in total. The highest BCUT2D eigenvalue weighted by molar-refractivity contribution is 14.0. The molecule has 2 N–H and O–H groups in total. The van der Waals surface area contributed by atoms with Crippen LogP contribution in [0.3, 0.4) is 0 Å². The SMILES string of the molecule is CCc1nn(C)c(CC)c1CNC(=NC)NCc1cccc(C(F)(F)F)c1.I. The molecule has 0 bridgehead atoms. The molecule has 0 unspecified atom stereocenters. The number of rotatable bonds is 6. The van der Waals surface area contributed by atoms with Crippen molar-refractivity contribution in [2.75, 3.05) is 7.05 Å². The van der Waals surface area contributed by atoms with Gasteiger partial charge >= 0.3 is 6.18 Å². The predicted octanol–water partition coefficient (Wildman–Crippen LogP) is 4.05. The first-order valence-corrected chi connectivity index (χ1v) is 8.94. The van der Waals surface area contributed by atoms with E-state index in [-0.39, 0.29) is 30.5 Å². The number of guanidine groups is 1. The summed E-state index contributed by atoms with van der Waals surface area (Å²) >= 11 is 0. The molecule has 156 valence electrons. The molecule has 0 spiro atoms.